The fourth-order valence-corrected chi connectivity index (χ4v) is 2.37. The van der Waals surface area contributed by atoms with E-state index in [1.807, 2.05) is 30.3 Å². The molecule has 0 amide bonds. The summed E-state index contributed by atoms with van der Waals surface area (Å²) in [6, 6.07) is 9.61. The average Bonchev–Trinajstić information content (AvgIpc) is 2.43. The second kappa shape index (κ2) is 5.04. The predicted octanol–water partition coefficient (Wildman–Crippen LogP) is 4.76. The van der Waals surface area contributed by atoms with Gasteiger partial charge in [0.1, 0.15) is 10.3 Å². The molecule has 3 nitrogen and oxygen atoms in total. The number of hydrogen-bond acceptors (Lipinski definition) is 3. The van der Waals surface area contributed by atoms with E-state index in [-0.39, 0.29) is 10.3 Å². The molecule has 0 atom stereocenters. The Balaban J connectivity index is 2.31. The van der Waals surface area contributed by atoms with Crippen LogP contribution in [0.5, 0.6) is 0 Å². The highest BCUT2D eigenvalue weighted by Gasteiger charge is 2.12. The molecule has 0 bridgehead atoms. The normalized spacial score (nSPS) is 10.9. The monoisotopic (exact) mass is 353 g/mol. The van der Waals surface area contributed by atoms with Crippen molar-refractivity contribution >= 4 is 50.0 Å². The lowest BCUT2D eigenvalue weighted by Gasteiger charge is -2.06. The van der Waals surface area contributed by atoms with Gasteiger partial charge in [-0.05, 0) is 28.1 Å². The predicted molar refractivity (Wildman–Crippen MR) is 80.5 cm³/mol. The second-order valence-corrected chi connectivity index (χ2v) is 5.33. The molecule has 2 aromatic heterocycles. The zero-order chi connectivity index (χ0) is 13.4. The largest absolute Gasteiger partial charge is 0.256 e. The van der Waals surface area contributed by atoms with Gasteiger partial charge in [-0.2, -0.15) is 0 Å². The van der Waals surface area contributed by atoms with Crippen molar-refractivity contribution in [2.24, 2.45) is 0 Å². The van der Waals surface area contributed by atoms with E-state index in [4.69, 9.17) is 23.2 Å². The number of nitrogens with zero attached hydrogens (tertiary/aromatic N) is 3. The Kier molecular flexibility index (Phi) is 3.39. The van der Waals surface area contributed by atoms with Crippen molar-refractivity contribution in [3.8, 4) is 11.4 Å². The summed E-state index contributed by atoms with van der Waals surface area (Å²) in [6.07, 6.45) is 1.71. The molecule has 0 unspecified atom stereocenters. The maximum absolute atomic E-state index is 6.02. The van der Waals surface area contributed by atoms with Gasteiger partial charge in [-0.25, -0.2) is 9.97 Å². The van der Waals surface area contributed by atoms with Gasteiger partial charge in [0.15, 0.2) is 5.82 Å². The lowest BCUT2D eigenvalue weighted by molar-refractivity contribution is 1.16. The van der Waals surface area contributed by atoms with E-state index in [2.05, 4.69) is 30.9 Å². The van der Waals surface area contributed by atoms with Crippen LogP contribution in [0.4, 0.5) is 0 Å². The molecule has 0 aliphatic heterocycles. The summed E-state index contributed by atoms with van der Waals surface area (Å²) in [7, 11) is 0. The van der Waals surface area contributed by atoms with Crippen LogP contribution in [0.3, 0.4) is 0 Å². The Morgan fingerprint density at radius 3 is 2.37 bits per heavy atom. The van der Waals surface area contributed by atoms with E-state index >= 15 is 0 Å². The molecule has 0 aliphatic rings. The first-order chi connectivity index (χ1) is 9.16. The van der Waals surface area contributed by atoms with Crippen molar-refractivity contribution in [3.05, 3.63) is 51.3 Å². The van der Waals surface area contributed by atoms with Crippen LogP contribution in [-0.4, -0.2) is 15.0 Å². The summed E-state index contributed by atoms with van der Waals surface area (Å²) in [5.74, 6) is 0.483. The SMILES string of the molecule is Clc1nc(-c2ccnc3ccccc23)nc(Cl)c1Br. The molecule has 0 saturated heterocycles. The number of hydrogen-bond donors (Lipinski definition) is 0. The number of pyridine rings is 1. The minimum Gasteiger partial charge on any atom is -0.256 e. The summed E-state index contributed by atoms with van der Waals surface area (Å²) in [4.78, 5) is 12.8. The Bertz CT molecular complexity index is 748. The van der Waals surface area contributed by atoms with Crippen molar-refractivity contribution in [1.82, 2.24) is 15.0 Å². The fourth-order valence-electron chi connectivity index (χ4n) is 1.81. The fraction of sp³-hybridized carbons (Fsp3) is 0. The summed E-state index contributed by atoms with van der Waals surface area (Å²) in [5, 5.41) is 1.53. The molecule has 94 valence electrons. The molecule has 6 heteroatoms. The van der Waals surface area contributed by atoms with Crippen LogP contribution >= 0.6 is 39.1 Å². The topological polar surface area (TPSA) is 38.7 Å². The quantitative estimate of drug-likeness (QED) is 0.591. The summed E-state index contributed by atoms with van der Waals surface area (Å²) >= 11 is 15.3. The van der Waals surface area contributed by atoms with Gasteiger partial charge in [0, 0.05) is 17.1 Å². The van der Waals surface area contributed by atoms with Gasteiger partial charge >= 0.3 is 0 Å². The van der Waals surface area contributed by atoms with Gasteiger partial charge in [-0.15, -0.1) is 0 Å². The molecule has 3 rings (SSSR count). The summed E-state index contributed by atoms with van der Waals surface area (Å²) in [6.45, 7) is 0. The van der Waals surface area contributed by atoms with Crippen molar-refractivity contribution < 1.29 is 0 Å². The van der Waals surface area contributed by atoms with Gasteiger partial charge in [0.2, 0.25) is 0 Å². The van der Waals surface area contributed by atoms with Gasteiger partial charge in [-0.1, -0.05) is 41.4 Å². The van der Waals surface area contributed by atoms with Crippen LogP contribution in [0.25, 0.3) is 22.3 Å². The van der Waals surface area contributed by atoms with E-state index in [1.165, 1.54) is 0 Å². The van der Waals surface area contributed by atoms with E-state index < -0.39 is 0 Å². The van der Waals surface area contributed by atoms with E-state index in [1.54, 1.807) is 6.20 Å². The number of benzene rings is 1. The third-order valence-corrected chi connectivity index (χ3v) is 4.41. The number of halogens is 3. The van der Waals surface area contributed by atoms with Crippen molar-refractivity contribution in [3.63, 3.8) is 0 Å². The molecule has 0 saturated carbocycles. The molecule has 0 N–H and O–H groups in total. The van der Waals surface area contributed by atoms with E-state index in [0.29, 0.717) is 10.3 Å². The van der Waals surface area contributed by atoms with Crippen molar-refractivity contribution in [2.75, 3.05) is 0 Å². The molecule has 0 radical (unpaired) electrons. The number of fused-ring (bicyclic) bond motifs is 1. The number of para-hydroxylation sites is 1. The van der Waals surface area contributed by atoms with E-state index in [0.717, 1.165) is 16.5 Å². The second-order valence-electron chi connectivity index (χ2n) is 3.82. The Hall–Kier alpha value is -1.23. The van der Waals surface area contributed by atoms with Gasteiger partial charge in [-0.3, -0.25) is 4.98 Å². The van der Waals surface area contributed by atoms with Crippen LogP contribution < -0.4 is 0 Å². The first-order valence-electron chi connectivity index (χ1n) is 5.39. The van der Waals surface area contributed by atoms with Crippen LogP contribution in [0.1, 0.15) is 0 Å². The molecule has 0 spiro atoms. The average molecular weight is 355 g/mol. The first kappa shape index (κ1) is 12.8. The Morgan fingerprint density at radius 1 is 0.947 bits per heavy atom. The molecule has 1 aromatic carbocycles. The van der Waals surface area contributed by atoms with Gasteiger partial charge < -0.3 is 0 Å². The lowest BCUT2D eigenvalue weighted by atomic mass is 10.1. The highest BCUT2D eigenvalue weighted by atomic mass is 79.9. The van der Waals surface area contributed by atoms with Gasteiger partial charge in [0.25, 0.3) is 0 Å². The molecular formula is C13H6BrCl2N3. The Labute approximate surface area is 127 Å². The molecule has 0 aliphatic carbocycles. The van der Waals surface area contributed by atoms with Crippen LogP contribution in [0, 0.1) is 0 Å². The molecule has 3 aromatic rings. The minimum absolute atomic E-state index is 0.288. The Morgan fingerprint density at radius 2 is 1.63 bits per heavy atom. The third-order valence-electron chi connectivity index (χ3n) is 2.66. The first-order valence-corrected chi connectivity index (χ1v) is 6.94. The molecule has 0 fully saturated rings. The van der Waals surface area contributed by atoms with Crippen LogP contribution in [-0.2, 0) is 0 Å². The lowest BCUT2D eigenvalue weighted by Crippen LogP contribution is -1.93. The molecule has 19 heavy (non-hydrogen) atoms. The zero-order valence-corrected chi connectivity index (χ0v) is 12.5. The number of aromatic nitrogens is 3. The standard InChI is InChI=1S/C13H6BrCl2N3/c14-10-11(15)18-13(19-12(10)16)8-5-6-17-9-4-2-1-3-7(8)9/h1-6H. The maximum Gasteiger partial charge on any atom is 0.163 e. The summed E-state index contributed by atoms with van der Waals surface area (Å²) < 4.78 is 0.498. The zero-order valence-electron chi connectivity index (χ0n) is 9.44. The smallest absolute Gasteiger partial charge is 0.163 e. The minimum atomic E-state index is 0.288. The van der Waals surface area contributed by atoms with E-state index in [9.17, 15) is 0 Å². The number of rotatable bonds is 1. The van der Waals surface area contributed by atoms with Crippen molar-refractivity contribution in [1.29, 1.82) is 0 Å². The van der Waals surface area contributed by atoms with Crippen molar-refractivity contribution in [2.45, 2.75) is 0 Å². The molecule has 2 heterocycles. The van der Waals surface area contributed by atoms with Gasteiger partial charge in [0.05, 0.1) is 9.99 Å². The maximum atomic E-state index is 6.02. The van der Waals surface area contributed by atoms with Crippen LogP contribution in [0.2, 0.25) is 10.3 Å². The molecular weight excluding hydrogens is 349 g/mol. The highest BCUT2D eigenvalue weighted by Crippen LogP contribution is 2.32. The summed E-state index contributed by atoms with van der Waals surface area (Å²) in [5.41, 5.74) is 1.72. The third kappa shape index (κ3) is 2.31. The highest BCUT2D eigenvalue weighted by molar-refractivity contribution is 9.10. The van der Waals surface area contributed by atoms with Crippen LogP contribution in [0.15, 0.2) is 41.0 Å².